The summed E-state index contributed by atoms with van der Waals surface area (Å²) in [6, 6.07) is 0. The predicted octanol–water partition coefficient (Wildman–Crippen LogP) is 1.76. The first-order valence-corrected chi connectivity index (χ1v) is 7.57. The number of aliphatic carboxylic acids is 1. The standard InChI is InChI=1S/C15H25NO4/c1-10-7-8-16(9-13(10)20-2)14(17)11-3-5-12(6-4-11)15(18)19/h10-13H,3-9H2,1-2H3,(H,18,19). The molecule has 0 aromatic heterocycles. The Morgan fingerprint density at radius 3 is 2.25 bits per heavy atom. The van der Waals surface area contributed by atoms with Gasteiger partial charge >= 0.3 is 5.97 Å². The molecule has 114 valence electrons. The fourth-order valence-corrected chi connectivity index (χ4v) is 3.39. The van der Waals surface area contributed by atoms with Crippen LogP contribution in [0.4, 0.5) is 0 Å². The van der Waals surface area contributed by atoms with Crippen LogP contribution < -0.4 is 0 Å². The molecule has 1 aliphatic carbocycles. The Balaban J connectivity index is 1.87. The zero-order valence-electron chi connectivity index (χ0n) is 12.4. The van der Waals surface area contributed by atoms with Gasteiger partial charge in [-0.2, -0.15) is 0 Å². The Kier molecular flexibility index (Phi) is 5.02. The molecule has 0 radical (unpaired) electrons. The van der Waals surface area contributed by atoms with Crippen LogP contribution in [0.2, 0.25) is 0 Å². The minimum absolute atomic E-state index is 0.0107. The SMILES string of the molecule is COC1CN(C(=O)C2CCC(C(=O)O)CC2)CCC1C. The molecule has 1 aliphatic heterocycles. The van der Waals surface area contributed by atoms with E-state index in [-0.39, 0.29) is 23.8 Å². The molecule has 2 unspecified atom stereocenters. The van der Waals surface area contributed by atoms with Gasteiger partial charge in [-0.05, 0) is 38.0 Å². The Morgan fingerprint density at radius 1 is 1.10 bits per heavy atom. The molecule has 1 amide bonds. The fourth-order valence-electron chi connectivity index (χ4n) is 3.39. The third-order valence-electron chi connectivity index (χ3n) is 4.93. The van der Waals surface area contributed by atoms with Gasteiger partial charge < -0.3 is 14.7 Å². The average molecular weight is 283 g/mol. The number of carboxylic acid groups (broad SMARTS) is 1. The highest BCUT2D eigenvalue weighted by atomic mass is 16.5. The second-order valence-electron chi connectivity index (χ2n) is 6.21. The number of nitrogens with zero attached hydrogens (tertiary/aromatic N) is 1. The quantitative estimate of drug-likeness (QED) is 0.857. The van der Waals surface area contributed by atoms with Crippen LogP contribution in [0.1, 0.15) is 39.0 Å². The second kappa shape index (κ2) is 6.57. The Labute approximate surface area is 120 Å². The molecule has 0 aromatic rings. The molecule has 0 bridgehead atoms. The number of carbonyl (C=O) groups is 2. The lowest BCUT2D eigenvalue weighted by atomic mass is 9.81. The monoisotopic (exact) mass is 283 g/mol. The molecule has 5 nitrogen and oxygen atoms in total. The maximum absolute atomic E-state index is 12.5. The van der Waals surface area contributed by atoms with Gasteiger partial charge in [0.25, 0.3) is 0 Å². The van der Waals surface area contributed by atoms with E-state index in [1.54, 1.807) is 7.11 Å². The summed E-state index contributed by atoms with van der Waals surface area (Å²) in [5, 5.41) is 9.00. The normalized spacial score (nSPS) is 34.8. The van der Waals surface area contributed by atoms with Gasteiger partial charge in [-0.3, -0.25) is 9.59 Å². The van der Waals surface area contributed by atoms with Gasteiger partial charge in [0.15, 0.2) is 0 Å². The zero-order chi connectivity index (χ0) is 14.7. The van der Waals surface area contributed by atoms with Crippen LogP contribution in [-0.2, 0) is 14.3 Å². The molecule has 1 saturated heterocycles. The number of likely N-dealkylation sites (tertiary alicyclic amines) is 1. The molecule has 0 spiro atoms. The zero-order valence-corrected chi connectivity index (χ0v) is 12.4. The molecule has 5 heteroatoms. The van der Waals surface area contributed by atoms with Crippen LogP contribution in [0.15, 0.2) is 0 Å². The van der Waals surface area contributed by atoms with Crippen molar-refractivity contribution in [3.63, 3.8) is 0 Å². The van der Waals surface area contributed by atoms with Crippen LogP contribution in [0, 0.1) is 17.8 Å². The summed E-state index contributed by atoms with van der Waals surface area (Å²) in [7, 11) is 1.70. The molecule has 20 heavy (non-hydrogen) atoms. The molecule has 2 rings (SSSR count). The third-order valence-corrected chi connectivity index (χ3v) is 4.93. The number of hydrogen-bond donors (Lipinski definition) is 1. The van der Waals surface area contributed by atoms with Crippen LogP contribution in [0.5, 0.6) is 0 Å². The highest BCUT2D eigenvalue weighted by Gasteiger charge is 2.35. The van der Waals surface area contributed by atoms with Crippen molar-refractivity contribution in [2.75, 3.05) is 20.2 Å². The summed E-state index contributed by atoms with van der Waals surface area (Å²) in [5.41, 5.74) is 0. The molecule has 2 aliphatic rings. The van der Waals surface area contributed by atoms with Crippen molar-refractivity contribution in [3.8, 4) is 0 Å². The third kappa shape index (κ3) is 3.32. The van der Waals surface area contributed by atoms with Crippen LogP contribution in [-0.4, -0.2) is 48.2 Å². The summed E-state index contributed by atoms with van der Waals surface area (Å²) in [6.45, 7) is 3.64. The maximum atomic E-state index is 12.5. The number of carbonyl (C=O) groups excluding carboxylic acids is 1. The first kappa shape index (κ1) is 15.3. The van der Waals surface area contributed by atoms with Gasteiger partial charge in [-0.25, -0.2) is 0 Å². The van der Waals surface area contributed by atoms with Crippen molar-refractivity contribution in [1.29, 1.82) is 0 Å². The predicted molar refractivity (Wildman–Crippen MR) is 74.2 cm³/mol. The van der Waals surface area contributed by atoms with E-state index in [1.165, 1.54) is 0 Å². The van der Waals surface area contributed by atoms with Crippen LogP contribution >= 0.6 is 0 Å². The summed E-state index contributed by atoms with van der Waals surface area (Å²) in [4.78, 5) is 25.4. The number of methoxy groups -OCH3 is 1. The van der Waals surface area contributed by atoms with Gasteiger partial charge in [0.05, 0.1) is 12.0 Å². The van der Waals surface area contributed by atoms with E-state index in [0.29, 0.717) is 38.1 Å². The van der Waals surface area contributed by atoms with Gasteiger partial charge in [0, 0.05) is 26.1 Å². The van der Waals surface area contributed by atoms with Crippen molar-refractivity contribution in [3.05, 3.63) is 0 Å². The number of piperidine rings is 1. The topological polar surface area (TPSA) is 66.8 Å². The Hall–Kier alpha value is -1.10. The largest absolute Gasteiger partial charge is 0.481 e. The first-order chi connectivity index (χ1) is 9.52. The molecule has 1 saturated carbocycles. The minimum Gasteiger partial charge on any atom is -0.481 e. The van der Waals surface area contributed by atoms with Crippen molar-refractivity contribution in [2.45, 2.75) is 45.1 Å². The lowest BCUT2D eigenvalue weighted by molar-refractivity contribution is -0.147. The van der Waals surface area contributed by atoms with E-state index in [2.05, 4.69) is 6.92 Å². The summed E-state index contributed by atoms with van der Waals surface area (Å²) in [6.07, 6.45) is 3.78. The van der Waals surface area contributed by atoms with Gasteiger partial charge in [0.1, 0.15) is 0 Å². The summed E-state index contributed by atoms with van der Waals surface area (Å²) >= 11 is 0. The molecule has 1 N–H and O–H groups in total. The lowest BCUT2D eigenvalue weighted by Crippen LogP contribution is -2.49. The molecular formula is C15H25NO4. The van der Waals surface area contributed by atoms with Crippen molar-refractivity contribution in [2.24, 2.45) is 17.8 Å². The number of carboxylic acids is 1. The van der Waals surface area contributed by atoms with E-state index in [0.717, 1.165) is 13.0 Å². The van der Waals surface area contributed by atoms with Crippen molar-refractivity contribution < 1.29 is 19.4 Å². The molecule has 2 fully saturated rings. The average Bonchev–Trinajstić information content (AvgIpc) is 2.47. The van der Waals surface area contributed by atoms with Crippen molar-refractivity contribution in [1.82, 2.24) is 4.90 Å². The van der Waals surface area contributed by atoms with E-state index in [4.69, 9.17) is 9.84 Å². The number of rotatable bonds is 3. The van der Waals surface area contributed by atoms with E-state index >= 15 is 0 Å². The Morgan fingerprint density at radius 2 is 1.70 bits per heavy atom. The van der Waals surface area contributed by atoms with Gasteiger partial charge in [-0.1, -0.05) is 6.92 Å². The van der Waals surface area contributed by atoms with Crippen LogP contribution in [0.25, 0.3) is 0 Å². The lowest BCUT2D eigenvalue weighted by Gasteiger charge is -2.38. The number of ether oxygens (including phenoxy) is 1. The van der Waals surface area contributed by atoms with E-state index in [1.807, 2.05) is 4.90 Å². The van der Waals surface area contributed by atoms with Gasteiger partial charge in [-0.15, -0.1) is 0 Å². The highest BCUT2D eigenvalue weighted by Crippen LogP contribution is 2.31. The second-order valence-corrected chi connectivity index (χ2v) is 6.21. The molecular weight excluding hydrogens is 258 g/mol. The number of amides is 1. The first-order valence-electron chi connectivity index (χ1n) is 7.57. The summed E-state index contributed by atoms with van der Waals surface area (Å²) in [5.74, 6) is -0.277. The smallest absolute Gasteiger partial charge is 0.306 e. The maximum Gasteiger partial charge on any atom is 0.306 e. The van der Waals surface area contributed by atoms with Crippen molar-refractivity contribution >= 4 is 11.9 Å². The fraction of sp³-hybridized carbons (Fsp3) is 0.867. The molecule has 2 atom stereocenters. The molecule has 1 heterocycles. The minimum atomic E-state index is -0.720. The molecule has 0 aromatic carbocycles. The highest BCUT2D eigenvalue weighted by molar-refractivity contribution is 5.79. The van der Waals surface area contributed by atoms with E-state index < -0.39 is 5.97 Å². The number of hydrogen-bond acceptors (Lipinski definition) is 3. The van der Waals surface area contributed by atoms with Gasteiger partial charge in [0.2, 0.25) is 5.91 Å². The van der Waals surface area contributed by atoms with Crippen LogP contribution in [0.3, 0.4) is 0 Å². The Bertz CT molecular complexity index is 363. The summed E-state index contributed by atoms with van der Waals surface area (Å²) < 4.78 is 5.45. The van der Waals surface area contributed by atoms with E-state index in [9.17, 15) is 9.59 Å².